The van der Waals surface area contributed by atoms with Crippen molar-refractivity contribution in [3.63, 3.8) is 0 Å². The fourth-order valence-electron chi connectivity index (χ4n) is 3.65. The van der Waals surface area contributed by atoms with Crippen LogP contribution in [0.5, 0.6) is 0 Å². The Kier molecular flexibility index (Phi) is 4.42. The largest absolute Gasteiger partial charge is 0.372 e. The van der Waals surface area contributed by atoms with E-state index >= 15 is 0 Å². The zero-order chi connectivity index (χ0) is 15.5. The lowest BCUT2D eigenvalue weighted by Gasteiger charge is -2.34. The first-order valence-electron chi connectivity index (χ1n) is 8.54. The fraction of sp³-hybridized carbons (Fsp3) is 0.400. The molecular formula is C20H23NO2. The van der Waals surface area contributed by atoms with Crippen LogP contribution < -0.4 is 0 Å². The van der Waals surface area contributed by atoms with Crippen molar-refractivity contribution >= 4 is 0 Å². The first-order valence-corrected chi connectivity index (χ1v) is 8.54. The average molecular weight is 309 g/mol. The minimum Gasteiger partial charge on any atom is -0.372 e. The van der Waals surface area contributed by atoms with Gasteiger partial charge in [-0.15, -0.1) is 0 Å². The molecular weight excluding hydrogens is 286 g/mol. The third-order valence-corrected chi connectivity index (χ3v) is 4.86. The number of fused-ring (bicyclic) bond motifs is 1. The number of hydrogen-bond acceptors (Lipinski definition) is 3. The van der Waals surface area contributed by atoms with Crippen LogP contribution in [0.3, 0.4) is 0 Å². The molecule has 2 saturated heterocycles. The molecule has 0 bridgehead atoms. The summed E-state index contributed by atoms with van der Waals surface area (Å²) in [5, 5.41) is 2.16. The zero-order valence-corrected chi connectivity index (χ0v) is 13.3. The molecule has 2 heterocycles. The van der Waals surface area contributed by atoms with Gasteiger partial charge in [0.05, 0.1) is 18.8 Å². The van der Waals surface area contributed by atoms with E-state index in [1.165, 1.54) is 11.1 Å². The van der Waals surface area contributed by atoms with Crippen LogP contribution in [0.2, 0.25) is 0 Å². The summed E-state index contributed by atoms with van der Waals surface area (Å²) in [6.45, 7) is 1.70. The Hall–Kier alpha value is -1.68. The number of hydrogen-bond donors (Lipinski definition) is 0. The Balaban J connectivity index is 1.41. The van der Waals surface area contributed by atoms with E-state index < -0.39 is 0 Å². The number of ether oxygens (including phenoxy) is 1. The standard InChI is InChI=1S/C20H23NO2/c1-3-8-16(9-4-1)15-22-19-12-7-13-21-18(19)14-20(23-21)17-10-5-2-6-11-17/h1-6,8-11,18-20H,7,12-15H2/t18-,19+,20-/m1/s1. The molecule has 3 heteroatoms. The van der Waals surface area contributed by atoms with Crippen LogP contribution in [0.1, 0.15) is 36.5 Å². The average Bonchev–Trinajstić information content (AvgIpc) is 3.06. The van der Waals surface area contributed by atoms with Crippen molar-refractivity contribution in [1.82, 2.24) is 5.06 Å². The SMILES string of the molecule is c1ccc(CO[C@H]2CCCN3O[C@@H](c4ccccc4)C[C@H]23)cc1. The summed E-state index contributed by atoms with van der Waals surface area (Å²) in [4.78, 5) is 6.19. The van der Waals surface area contributed by atoms with E-state index in [0.717, 1.165) is 25.8 Å². The van der Waals surface area contributed by atoms with Crippen LogP contribution in [0.25, 0.3) is 0 Å². The molecule has 3 nitrogen and oxygen atoms in total. The summed E-state index contributed by atoms with van der Waals surface area (Å²) < 4.78 is 6.25. The predicted molar refractivity (Wildman–Crippen MR) is 89.6 cm³/mol. The highest BCUT2D eigenvalue weighted by molar-refractivity contribution is 5.19. The molecule has 2 aromatic rings. The highest BCUT2D eigenvalue weighted by atomic mass is 16.7. The first-order chi connectivity index (χ1) is 11.4. The molecule has 120 valence electrons. The van der Waals surface area contributed by atoms with Gasteiger partial charge in [-0.1, -0.05) is 60.7 Å². The second-order valence-electron chi connectivity index (χ2n) is 6.43. The number of rotatable bonds is 4. The van der Waals surface area contributed by atoms with Crippen LogP contribution in [-0.4, -0.2) is 23.8 Å². The van der Waals surface area contributed by atoms with E-state index in [0.29, 0.717) is 12.6 Å². The van der Waals surface area contributed by atoms with Gasteiger partial charge in [0.25, 0.3) is 0 Å². The maximum absolute atomic E-state index is 6.25. The second-order valence-corrected chi connectivity index (χ2v) is 6.43. The van der Waals surface area contributed by atoms with E-state index in [1.54, 1.807) is 0 Å². The molecule has 4 rings (SSSR count). The maximum atomic E-state index is 6.25. The van der Waals surface area contributed by atoms with Gasteiger partial charge in [-0.25, -0.2) is 0 Å². The summed E-state index contributed by atoms with van der Waals surface area (Å²) in [6.07, 6.45) is 3.71. The molecule has 23 heavy (non-hydrogen) atoms. The summed E-state index contributed by atoms with van der Waals surface area (Å²) in [7, 11) is 0. The van der Waals surface area contributed by atoms with Gasteiger partial charge in [0.1, 0.15) is 6.10 Å². The molecule has 0 saturated carbocycles. The molecule has 0 aromatic heterocycles. The lowest BCUT2D eigenvalue weighted by Crippen LogP contribution is -2.44. The summed E-state index contributed by atoms with van der Waals surface area (Å²) in [5.74, 6) is 0. The topological polar surface area (TPSA) is 21.7 Å². The molecule has 2 fully saturated rings. The Bertz CT molecular complexity index is 616. The molecule has 0 unspecified atom stereocenters. The highest BCUT2D eigenvalue weighted by Gasteiger charge is 2.41. The van der Waals surface area contributed by atoms with Crippen LogP contribution in [0, 0.1) is 0 Å². The van der Waals surface area contributed by atoms with Crippen molar-refractivity contribution < 1.29 is 9.57 Å². The Morgan fingerprint density at radius 1 is 1.00 bits per heavy atom. The van der Waals surface area contributed by atoms with E-state index in [2.05, 4.69) is 59.7 Å². The lowest BCUT2D eigenvalue weighted by molar-refractivity contribution is -0.198. The quantitative estimate of drug-likeness (QED) is 0.848. The molecule has 0 spiro atoms. The number of piperidine rings is 1. The zero-order valence-electron chi connectivity index (χ0n) is 13.3. The minimum absolute atomic E-state index is 0.169. The molecule has 0 amide bonds. The molecule has 3 atom stereocenters. The third-order valence-electron chi connectivity index (χ3n) is 4.86. The number of hydroxylamine groups is 2. The van der Waals surface area contributed by atoms with E-state index in [-0.39, 0.29) is 12.2 Å². The highest BCUT2D eigenvalue weighted by Crippen LogP contribution is 2.38. The van der Waals surface area contributed by atoms with Gasteiger partial charge >= 0.3 is 0 Å². The summed E-state index contributed by atoms with van der Waals surface area (Å²) in [5.41, 5.74) is 2.51. The van der Waals surface area contributed by atoms with Crippen LogP contribution in [0.15, 0.2) is 60.7 Å². The van der Waals surface area contributed by atoms with Crippen molar-refractivity contribution in [3.8, 4) is 0 Å². The van der Waals surface area contributed by atoms with Crippen LogP contribution >= 0.6 is 0 Å². The van der Waals surface area contributed by atoms with Gasteiger partial charge in [-0.2, -0.15) is 5.06 Å². The van der Waals surface area contributed by atoms with Crippen LogP contribution in [-0.2, 0) is 16.2 Å². The smallest absolute Gasteiger partial charge is 0.106 e. The van der Waals surface area contributed by atoms with Gasteiger partial charge in [0.15, 0.2) is 0 Å². The maximum Gasteiger partial charge on any atom is 0.106 e. The fourth-order valence-corrected chi connectivity index (χ4v) is 3.65. The molecule has 2 aliphatic rings. The Morgan fingerprint density at radius 3 is 2.52 bits per heavy atom. The van der Waals surface area contributed by atoms with Crippen molar-refractivity contribution in [2.24, 2.45) is 0 Å². The van der Waals surface area contributed by atoms with Gasteiger partial charge < -0.3 is 4.74 Å². The van der Waals surface area contributed by atoms with Gasteiger partial charge in [0, 0.05) is 13.0 Å². The predicted octanol–water partition coefficient (Wildman–Crippen LogP) is 4.11. The summed E-state index contributed by atoms with van der Waals surface area (Å²) in [6, 6.07) is 21.3. The van der Waals surface area contributed by atoms with Crippen molar-refractivity contribution in [2.45, 2.75) is 44.1 Å². The first kappa shape index (κ1) is 14.9. The van der Waals surface area contributed by atoms with Gasteiger partial charge in [0.2, 0.25) is 0 Å². The number of benzene rings is 2. The van der Waals surface area contributed by atoms with Crippen LogP contribution in [0.4, 0.5) is 0 Å². The van der Waals surface area contributed by atoms with E-state index in [4.69, 9.17) is 9.57 Å². The third kappa shape index (κ3) is 3.32. The second kappa shape index (κ2) is 6.83. The van der Waals surface area contributed by atoms with Gasteiger partial charge in [-0.3, -0.25) is 4.84 Å². The molecule has 2 aromatic carbocycles. The molecule has 2 aliphatic heterocycles. The monoisotopic (exact) mass is 309 g/mol. The normalized spacial score (nSPS) is 27.7. The van der Waals surface area contributed by atoms with E-state index in [9.17, 15) is 0 Å². The van der Waals surface area contributed by atoms with Gasteiger partial charge in [-0.05, 0) is 24.0 Å². The summed E-state index contributed by atoms with van der Waals surface area (Å²) >= 11 is 0. The Labute approximate surface area is 137 Å². The van der Waals surface area contributed by atoms with Crippen molar-refractivity contribution in [1.29, 1.82) is 0 Å². The molecule has 0 aliphatic carbocycles. The molecule has 0 N–H and O–H groups in total. The number of nitrogens with zero attached hydrogens (tertiary/aromatic N) is 1. The van der Waals surface area contributed by atoms with Crippen molar-refractivity contribution in [2.75, 3.05) is 6.54 Å². The lowest BCUT2D eigenvalue weighted by atomic mass is 9.94. The van der Waals surface area contributed by atoms with E-state index in [1.807, 2.05) is 6.07 Å². The Morgan fingerprint density at radius 2 is 1.74 bits per heavy atom. The van der Waals surface area contributed by atoms with Crippen molar-refractivity contribution in [3.05, 3.63) is 71.8 Å². The molecule has 0 radical (unpaired) electrons. The minimum atomic E-state index is 0.169.